The molecule has 8 nitrogen and oxygen atoms in total. The third-order valence-electron chi connectivity index (χ3n) is 5.82. The maximum atomic E-state index is 13.4. The number of benzene rings is 3. The number of nitrogens with zero attached hydrogens (tertiary/aromatic N) is 1. The van der Waals surface area contributed by atoms with Gasteiger partial charge in [-0.05, 0) is 21.9 Å². The molecule has 4 rings (SSSR count). The summed E-state index contributed by atoms with van der Waals surface area (Å²) in [7, 11) is 1.26. The molecule has 9 heteroatoms. The normalized spacial score (nSPS) is 12.4. The zero-order chi connectivity index (χ0) is 26.0. The first-order valence-electron chi connectivity index (χ1n) is 11.7. The van der Waals surface area contributed by atoms with Crippen LogP contribution in [0.1, 0.15) is 16.8 Å². The van der Waals surface area contributed by atoms with Gasteiger partial charge in [-0.3, -0.25) is 4.79 Å². The van der Waals surface area contributed by atoms with Crippen molar-refractivity contribution >= 4 is 40.1 Å². The molecule has 2 amide bonds. The summed E-state index contributed by atoms with van der Waals surface area (Å²) < 4.78 is 10.3. The number of esters is 1. The predicted octanol–water partition coefficient (Wildman–Crippen LogP) is 4.03. The summed E-state index contributed by atoms with van der Waals surface area (Å²) in [6.45, 7) is 0.0594. The summed E-state index contributed by atoms with van der Waals surface area (Å²) in [5.41, 5.74) is 4.00. The number of fused-ring (bicyclic) bond motifs is 1. The molecule has 2 N–H and O–H groups in total. The van der Waals surface area contributed by atoms with E-state index in [1.807, 2.05) is 72.8 Å². The number of ether oxygens (including phenoxy) is 2. The molecular weight excluding hydrogens is 490 g/mol. The minimum Gasteiger partial charge on any atom is -0.467 e. The zero-order valence-electron chi connectivity index (χ0n) is 20.3. The van der Waals surface area contributed by atoms with Gasteiger partial charge in [-0.1, -0.05) is 72.8 Å². The van der Waals surface area contributed by atoms with Crippen LogP contribution < -0.4 is 10.6 Å². The molecule has 0 unspecified atom stereocenters. The van der Waals surface area contributed by atoms with E-state index in [1.165, 1.54) is 18.4 Å². The lowest BCUT2D eigenvalue weighted by molar-refractivity contribution is -0.145. The molecular formula is C28H27N3O5S. The molecule has 2 atom stereocenters. The van der Waals surface area contributed by atoms with Crippen LogP contribution in [-0.4, -0.2) is 42.1 Å². The Kier molecular flexibility index (Phi) is 8.83. The molecule has 37 heavy (non-hydrogen) atoms. The van der Waals surface area contributed by atoms with Gasteiger partial charge < -0.3 is 20.1 Å². The van der Waals surface area contributed by atoms with Gasteiger partial charge in [-0.25, -0.2) is 14.6 Å². The van der Waals surface area contributed by atoms with Crippen LogP contribution >= 0.6 is 11.3 Å². The number of hydrogen-bond donors (Lipinski definition) is 2. The monoisotopic (exact) mass is 517 g/mol. The van der Waals surface area contributed by atoms with Gasteiger partial charge in [0, 0.05) is 18.2 Å². The number of hydrogen-bond acceptors (Lipinski definition) is 7. The van der Waals surface area contributed by atoms with E-state index in [0.717, 1.165) is 21.9 Å². The standard InChI is InChI=1S/C28H27N3O5S/c1-35-27(33)25(15-22-17-37-18-29-22)30-26(32)24(31-28(34)36-16-19-8-3-2-4-9-19)14-21-12-7-11-20-10-5-6-13-23(20)21/h2-13,17-18,24-25H,14-16H2,1H3,(H,30,32)(H,31,34)/t24-,25-/m0/s1. The molecule has 0 aliphatic carbocycles. The lowest BCUT2D eigenvalue weighted by Gasteiger charge is -2.22. The number of amides is 2. The maximum Gasteiger partial charge on any atom is 0.408 e. The van der Waals surface area contributed by atoms with Crippen LogP contribution in [0.2, 0.25) is 0 Å². The number of alkyl carbamates (subject to hydrolysis) is 1. The highest BCUT2D eigenvalue weighted by Crippen LogP contribution is 2.20. The molecule has 0 fully saturated rings. The van der Waals surface area contributed by atoms with Crippen molar-refractivity contribution in [2.24, 2.45) is 0 Å². The minimum atomic E-state index is -1.00. The molecule has 0 aliphatic heterocycles. The van der Waals surface area contributed by atoms with Crippen LogP contribution in [0.15, 0.2) is 83.7 Å². The Morgan fingerprint density at radius 2 is 1.65 bits per heavy atom. The zero-order valence-corrected chi connectivity index (χ0v) is 21.1. The number of carbonyl (C=O) groups excluding carboxylic acids is 3. The quantitative estimate of drug-likeness (QED) is 0.308. The molecule has 0 saturated carbocycles. The molecule has 3 aromatic carbocycles. The fourth-order valence-corrected chi connectivity index (χ4v) is 4.53. The first kappa shape index (κ1) is 25.8. The van der Waals surface area contributed by atoms with Gasteiger partial charge in [0.05, 0.1) is 18.3 Å². The van der Waals surface area contributed by atoms with Crippen molar-refractivity contribution in [1.29, 1.82) is 0 Å². The second kappa shape index (κ2) is 12.6. The van der Waals surface area contributed by atoms with Crippen LogP contribution in [-0.2, 0) is 38.5 Å². The number of thiazole rings is 1. The van der Waals surface area contributed by atoms with Gasteiger partial charge in [-0.15, -0.1) is 11.3 Å². The molecule has 0 saturated heterocycles. The predicted molar refractivity (Wildman–Crippen MR) is 141 cm³/mol. The van der Waals surface area contributed by atoms with Gasteiger partial charge in [0.2, 0.25) is 5.91 Å². The van der Waals surface area contributed by atoms with E-state index in [-0.39, 0.29) is 19.4 Å². The van der Waals surface area contributed by atoms with Crippen molar-refractivity contribution in [3.05, 3.63) is 101 Å². The van der Waals surface area contributed by atoms with E-state index in [4.69, 9.17) is 9.47 Å². The van der Waals surface area contributed by atoms with E-state index < -0.39 is 30.1 Å². The van der Waals surface area contributed by atoms with E-state index in [2.05, 4.69) is 15.6 Å². The number of rotatable bonds is 10. The summed E-state index contributed by atoms with van der Waals surface area (Å²) in [5.74, 6) is -1.13. The highest BCUT2D eigenvalue weighted by molar-refractivity contribution is 7.07. The first-order chi connectivity index (χ1) is 18.0. The number of methoxy groups -OCH3 is 1. The van der Waals surface area contributed by atoms with Gasteiger partial charge in [-0.2, -0.15) is 0 Å². The Morgan fingerprint density at radius 3 is 2.41 bits per heavy atom. The average Bonchev–Trinajstić information content (AvgIpc) is 3.44. The van der Waals surface area contributed by atoms with Crippen molar-refractivity contribution in [2.75, 3.05) is 7.11 Å². The third-order valence-corrected chi connectivity index (χ3v) is 6.46. The second-order valence-electron chi connectivity index (χ2n) is 8.37. The highest BCUT2D eigenvalue weighted by Gasteiger charge is 2.29. The lowest BCUT2D eigenvalue weighted by Crippen LogP contribution is -2.53. The first-order valence-corrected chi connectivity index (χ1v) is 12.7. The molecule has 1 heterocycles. The van der Waals surface area contributed by atoms with Crippen molar-refractivity contribution in [3.63, 3.8) is 0 Å². The topological polar surface area (TPSA) is 107 Å². The van der Waals surface area contributed by atoms with Gasteiger partial charge in [0.15, 0.2) is 0 Å². The van der Waals surface area contributed by atoms with Gasteiger partial charge in [0.1, 0.15) is 18.7 Å². The summed E-state index contributed by atoms with van der Waals surface area (Å²) in [6, 6.07) is 20.9. The Balaban J connectivity index is 1.53. The Morgan fingerprint density at radius 1 is 0.892 bits per heavy atom. The van der Waals surface area contributed by atoms with E-state index >= 15 is 0 Å². The molecule has 0 bridgehead atoms. The third kappa shape index (κ3) is 7.14. The smallest absolute Gasteiger partial charge is 0.408 e. The van der Waals surface area contributed by atoms with Crippen LogP contribution in [0.4, 0.5) is 4.79 Å². The maximum absolute atomic E-state index is 13.4. The summed E-state index contributed by atoms with van der Waals surface area (Å²) in [5, 5.41) is 9.20. The Hall–Kier alpha value is -4.24. The largest absolute Gasteiger partial charge is 0.467 e. The summed E-state index contributed by atoms with van der Waals surface area (Å²) in [6.07, 6.45) is -0.377. The van der Waals surface area contributed by atoms with Crippen molar-refractivity contribution < 1.29 is 23.9 Å². The summed E-state index contributed by atoms with van der Waals surface area (Å²) in [4.78, 5) is 42.8. The van der Waals surface area contributed by atoms with Crippen molar-refractivity contribution in [3.8, 4) is 0 Å². The minimum absolute atomic E-state index is 0.0594. The second-order valence-corrected chi connectivity index (χ2v) is 9.09. The van der Waals surface area contributed by atoms with E-state index in [0.29, 0.717) is 5.69 Å². The van der Waals surface area contributed by atoms with E-state index in [9.17, 15) is 14.4 Å². The van der Waals surface area contributed by atoms with Crippen molar-refractivity contribution in [1.82, 2.24) is 15.6 Å². The molecule has 190 valence electrons. The lowest BCUT2D eigenvalue weighted by atomic mass is 9.98. The van der Waals surface area contributed by atoms with E-state index in [1.54, 1.807) is 10.9 Å². The fraction of sp³-hybridized carbons (Fsp3) is 0.214. The molecule has 0 radical (unpaired) electrons. The van der Waals surface area contributed by atoms with Gasteiger partial charge in [0.25, 0.3) is 0 Å². The Bertz CT molecular complexity index is 1340. The highest BCUT2D eigenvalue weighted by atomic mass is 32.1. The van der Waals surface area contributed by atoms with Crippen molar-refractivity contribution in [2.45, 2.75) is 31.5 Å². The number of nitrogens with one attached hydrogen (secondary N) is 2. The summed E-state index contributed by atoms with van der Waals surface area (Å²) >= 11 is 1.39. The molecule has 4 aromatic rings. The molecule has 0 spiro atoms. The number of aromatic nitrogens is 1. The average molecular weight is 518 g/mol. The SMILES string of the molecule is COC(=O)[C@H](Cc1cscn1)NC(=O)[C@H](Cc1cccc2ccccc12)NC(=O)OCc1ccccc1. The van der Waals surface area contributed by atoms with Crippen LogP contribution in [0.5, 0.6) is 0 Å². The van der Waals surface area contributed by atoms with Crippen LogP contribution in [0, 0.1) is 0 Å². The van der Waals surface area contributed by atoms with Crippen LogP contribution in [0.3, 0.4) is 0 Å². The number of carbonyl (C=O) groups is 3. The molecule has 1 aromatic heterocycles. The fourth-order valence-electron chi connectivity index (χ4n) is 3.96. The van der Waals surface area contributed by atoms with Gasteiger partial charge >= 0.3 is 12.1 Å². The molecule has 0 aliphatic rings. The Labute approximate surface area is 218 Å². The van der Waals surface area contributed by atoms with Crippen LogP contribution in [0.25, 0.3) is 10.8 Å².